The molecule has 2 atom stereocenters. The van der Waals surface area contributed by atoms with Crippen LogP contribution in [0.2, 0.25) is 0 Å². The van der Waals surface area contributed by atoms with Crippen molar-refractivity contribution in [1.82, 2.24) is 10.2 Å². The molecule has 0 radical (unpaired) electrons. The van der Waals surface area contributed by atoms with E-state index >= 15 is 0 Å². The molecular weight excluding hydrogens is 438 g/mol. The third kappa shape index (κ3) is 3.86. The molecule has 0 amide bonds. The highest BCUT2D eigenvalue weighted by Crippen LogP contribution is 2.44. The van der Waals surface area contributed by atoms with E-state index < -0.39 is 12.1 Å². The number of nitrogens with one attached hydrogen (secondary N) is 1. The lowest BCUT2D eigenvalue weighted by atomic mass is 9.86. The fourth-order valence-corrected chi connectivity index (χ4v) is 4.26. The minimum atomic E-state index is -0.534. The predicted molar refractivity (Wildman–Crippen MR) is 113 cm³/mol. The van der Waals surface area contributed by atoms with Gasteiger partial charge in [-0.05, 0) is 38.1 Å². The minimum Gasteiger partial charge on any atom is -0.481 e. The van der Waals surface area contributed by atoms with Crippen LogP contribution in [0, 0.1) is 12.8 Å². The van der Waals surface area contributed by atoms with E-state index in [-0.39, 0.29) is 11.7 Å². The summed E-state index contributed by atoms with van der Waals surface area (Å²) < 4.78 is 12.7. The summed E-state index contributed by atoms with van der Waals surface area (Å²) in [6.45, 7) is 8.15. The maximum Gasteiger partial charge on any atom is 0.347 e. The van der Waals surface area contributed by atoms with Crippen molar-refractivity contribution in [3.05, 3.63) is 45.3 Å². The first kappa shape index (κ1) is 21.3. The number of aromatic amines is 1. The van der Waals surface area contributed by atoms with E-state index in [9.17, 15) is 9.59 Å². The Labute approximate surface area is 177 Å². The van der Waals surface area contributed by atoms with Crippen LogP contribution in [-0.2, 0) is 9.53 Å². The summed E-state index contributed by atoms with van der Waals surface area (Å²) in [6, 6.07) is 3.68. The van der Waals surface area contributed by atoms with E-state index in [1.54, 1.807) is 19.2 Å². The van der Waals surface area contributed by atoms with Gasteiger partial charge in [0.1, 0.15) is 11.3 Å². The Morgan fingerprint density at radius 1 is 1.31 bits per heavy atom. The summed E-state index contributed by atoms with van der Waals surface area (Å²) in [5, 5.41) is 6.86. The molecule has 8 heteroatoms. The van der Waals surface area contributed by atoms with E-state index in [0.717, 1.165) is 16.6 Å². The van der Waals surface area contributed by atoms with Gasteiger partial charge in [0.15, 0.2) is 17.6 Å². The molecule has 4 rings (SSSR count). The van der Waals surface area contributed by atoms with Gasteiger partial charge < -0.3 is 15.2 Å². The average molecular weight is 462 g/mol. The summed E-state index contributed by atoms with van der Waals surface area (Å²) in [6.07, 6.45) is 1.52. The second-order valence-corrected chi connectivity index (χ2v) is 8.01. The van der Waals surface area contributed by atoms with Crippen molar-refractivity contribution in [3.8, 4) is 17.0 Å². The number of ketones is 1. The van der Waals surface area contributed by atoms with Gasteiger partial charge in [-0.25, -0.2) is 4.79 Å². The lowest BCUT2D eigenvalue weighted by Crippen LogP contribution is -2.35. The number of ether oxygens (including phenoxy) is 2. The number of fused-ring (bicyclic) bond motifs is 2. The first-order chi connectivity index (χ1) is 13.8. The monoisotopic (exact) mass is 461 g/mol. The largest absolute Gasteiger partial charge is 0.481 e. The number of esters is 1. The molecule has 0 bridgehead atoms. The quantitative estimate of drug-likeness (QED) is 0.623. The molecule has 3 N–H and O–H groups in total. The molecule has 29 heavy (non-hydrogen) atoms. The van der Waals surface area contributed by atoms with Gasteiger partial charge in [-0.3, -0.25) is 9.89 Å². The van der Waals surface area contributed by atoms with Gasteiger partial charge in [0, 0.05) is 34.1 Å². The van der Waals surface area contributed by atoms with Crippen LogP contribution in [0.3, 0.4) is 0 Å². The standard InChI is InChI=1S/C19H17BrN2O4.C2H7N/c1-8-6-11(20)14(12-4-5-21-22-12)15-16(8)25-17-9(2)7-13(23)10(3)18(17)26-19(15)24;1-2-3/h4-6,9,17H,7H2,1-3H3,(H,21,22);2-3H2,1H3. The number of Topliss-reactive ketones (excluding diaryl/α,β-unsaturated/α-hetero) is 1. The number of carbonyl (C=O) groups excluding carboxylic acids is 2. The number of rotatable bonds is 1. The van der Waals surface area contributed by atoms with Gasteiger partial charge in [0.05, 0.1) is 5.69 Å². The van der Waals surface area contributed by atoms with Crippen LogP contribution in [0.15, 0.2) is 34.1 Å². The molecule has 2 unspecified atom stereocenters. The minimum absolute atomic E-state index is 0.0159. The third-order valence-corrected chi connectivity index (χ3v) is 5.53. The number of aromatic nitrogens is 2. The number of hydrogen-bond acceptors (Lipinski definition) is 6. The van der Waals surface area contributed by atoms with Crippen molar-refractivity contribution in [2.75, 3.05) is 6.54 Å². The number of hydrogen-bond donors (Lipinski definition) is 2. The van der Waals surface area contributed by atoms with Crippen LogP contribution in [0.4, 0.5) is 0 Å². The Balaban J connectivity index is 0.000000755. The maximum atomic E-state index is 13.0. The SMILES string of the molecule is CC1=C2OC(=O)c3c(c(C)cc(Br)c3-c3ccn[nH]3)OC2C(C)CC1=O.CCN. The van der Waals surface area contributed by atoms with Crippen molar-refractivity contribution in [2.45, 2.75) is 40.2 Å². The van der Waals surface area contributed by atoms with Crippen LogP contribution in [0.25, 0.3) is 11.3 Å². The topological polar surface area (TPSA) is 107 Å². The fourth-order valence-electron chi connectivity index (χ4n) is 3.51. The number of nitrogens with two attached hydrogens (primary N) is 1. The van der Waals surface area contributed by atoms with Gasteiger partial charge in [-0.1, -0.05) is 29.8 Å². The molecule has 0 spiro atoms. The van der Waals surface area contributed by atoms with Crippen LogP contribution in [-0.4, -0.2) is 34.6 Å². The van der Waals surface area contributed by atoms with E-state index in [2.05, 4.69) is 26.1 Å². The van der Waals surface area contributed by atoms with Gasteiger partial charge >= 0.3 is 5.97 Å². The molecular formula is C21H24BrN3O4. The maximum absolute atomic E-state index is 13.0. The second-order valence-electron chi connectivity index (χ2n) is 7.15. The molecule has 7 nitrogen and oxygen atoms in total. The van der Waals surface area contributed by atoms with Crippen LogP contribution in [0.5, 0.6) is 5.75 Å². The number of allylic oxidation sites excluding steroid dienone is 1. The molecule has 0 saturated heterocycles. The first-order valence-electron chi connectivity index (χ1n) is 9.45. The highest BCUT2D eigenvalue weighted by Gasteiger charge is 2.41. The van der Waals surface area contributed by atoms with Gasteiger partial charge in [0.2, 0.25) is 0 Å². The highest BCUT2D eigenvalue weighted by atomic mass is 79.9. The fraction of sp³-hybridized carbons (Fsp3) is 0.381. The smallest absolute Gasteiger partial charge is 0.347 e. The van der Waals surface area contributed by atoms with Gasteiger partial charge in [-0.2, -0.15) is 5.10 Å². The van der Waals surface area contributed by atoms with E-state index in [1.165, 1.54) is 0 Å². The highest BCUT2D eigenvalue weighted by molar-refractivity contribution is 9.10. The third-order valence-electron chi connectivity index (χ3n) is 4.91. The van der Waals surface area contributed by atoms with E-state index in [0.29, 0.717) is 40.3 Å². The van der Waals surface area contributed by atoms with Crippen LogP contribution >= 0.6 is 15.9 Å². The summed E-state index contributed by atoms with van der Waals surface area (Å²) in [4.78, 5) is 25.2. The normalized spacial score (nSPS) is 20.6. The number of nitrogens with zero attached hydrogens (tertiary/aromatic N) is 1. The summed E-state index contributed by atoms with van der Waals surface area (Å²) in [7, 11) is 0. The van der Waals surface area contributed by atoms with Crippen molar-refractivity contribution in [1.29, 1.82) is 0 Å². The number of halogens is 1. The first-order valence-corrected chi connectivity index (χ1v) is 10.2. The molecule has 1 aliphatic carbocycles. The Hall–Kier alpha value is -2.45. The molecule has 154 valence electrons. The Morgan fingerprint density at radius 3 is 2.62 bits per heavy atom. The van der Waals surface area contributed by atoms with Crippen molar-refractivity contribution in [2.24, 2.45) is 11.7 Å². The van der Waals surface area contributed by atoms with E-state index in [4.69, 9.17) is 15.2 Å². The molecule has 2 heterocycles. The zero-order chi connectivity index (χ0) is 21.3. The zero-order valence-electron chi connectivity index (χ0n) is 16.8. The zero-order valence-corrected chi connectivity index (χ0v) is 18.4. The molecule has 1 aromatic carbocycles. The lowest BCUT2D eigenvalue weighted by molar-refractivity contribution is -0.118. The summed E-state index contributed by atoms with van der Waals surface area (Å²) in [5.41, 5.74) is 7.75. The van der Waals surface area contributed by atoms with Crippen molar-refractivity contribution < 1.29 is 19.1 Å². The second kappa shape index (κ2) is 8.51. The summed E-state index contributed by atoms with van der Waals surface area (Å²) >= 11 is 3.53. The molecule has 0 saturated carbocycles. The lowest BCUT2D eigenvalue weighted by Gasteiger charge is -2.29. The number of benzene rings is 1. The predicted octanol–water partition coefficient (Wildman–Crippen LogP) is 3.91. The van der Waals surface area contributed by atoms with Crippen molar-refractivity contribution in [3.63, 3.8) is 0 Å². The molecule has 1 aromatic heterocycles. The van der Waals surface area contributed by atoms with Crippen molar-refractivity contribution >= 4 is 27.7 Å². The van der Waals surface area contributed by atoms with Gasteiger partial charge in [0.25, 0.3) is 0 Å². The molecule has 2 aromatic rings. The van der Waals surface area contributed by atoms with Crippen LogP contribution in [0.1, 0.15) is 43.1 Å². The Bertz CT molecular complexity index is 982. The Kier molecular flexibility index (Phi) is 6.24. The Morgan fingerprint density at radius 2 is 2.00 bits per heavy atom. The number of aryl methyl sites for hydroxylation is 1. The summed E-state index contributed by atoms with van der Waals surface area (Å²) in [5.74, 6) is 0.169. The number of H-pyrrole nitrogens is 1. The molecule has 2 aliphatic rings. The molecule has 1 aliphatic heterocycles. The van der Waals surface area contributed by atoms with E-state index in [1.807, 2.05) is 26.8 Å². The number of carbonyl (C=O) groups is 2. The van der Waals surface area contributed by atoms with Crippen LogP contribution < -0.4 is 10.5 Å². The average Bonchev–Trinajstić information content (AvgIpc) is 3.12. The molecule has 0 fully saturated rings. The van der Waals surface area contributed by atoms with Gasteiger partial charge in [-0.15, -0.1) is 0 Å².